The largest absolute Gasteiger partial charge is 0.503 e. The molecule has 2 aliphatic heterocycles. The molecule has 0 saturated carbocycles. The highest BCUT2D eigenvalue weighted by atomic mass is 16.5. The minimum Gasteiger partial charge on any atom is -0.503 e. The van der Waals surface area contributed by atoms with E-state index in [9.17, 15) is 14.7 Å². The maximum absolute atomic E-state index is 13.5. The number of carbonyl (C=O) groups is 2. The molecule has 1 N–H and O–H groups in total. The zero-order chi connectivity index (χ0) is 21.5. The second-order valence-corrected chi connectivity index (χ2v) is 8.09. The van der Waals surface area contributed by atoms with Crippen LogP contribution in [0.5, 0.6) is 0 Å². The lowest BCUT2D eigenvalue weighted by molar-refractivity contribution is -0.131. The molecule has 6 heteroatoms. The Balaban J connectivity index is 1.59. The van der Waals surface area contributed by atoms with Crippen LogP contribution in [0.25, 0.3) is 11.0 Å². The van der Waals surface area contributed by atoms with E-state index in [4.69, 9.17) is 9.15 Å². The van der Waals surface area contributed by atoms with E-state index in [0.29, 0.717) is 18.7 Å². The van der Waals surface area contributed by atoms with Crippen LogP contribution in [-0.2, 0) is 9.53 Å². The van der Waals surface area contributed by atoms with Gasteiger partial charge in [0.1, 0.15) is 5.58 Å². The zero-order valence-electron chi connectivity index (χ0n) is 17.2. The summed E-state index contributed by atoms with van der Waals surface area (Å²) in [5.74, 6) is -1.45. The number of carbonyl (C=O) groups excluding carboxylic acids is 2. The molecule has 1 amide bonds. The van der Waals surface area contributed by atoms with Crippen molar-refractivity contribution in [1.82, 2.24) is 4.90 Å². The number of fused-ring (bicyclic) bond motifs is 1. The number of ketones is 1. The Hall–Kier alpha value is -3.38. The van der Waals surface area contributed by atoms with Gasteiger partial charge in [-0.2, -0.15) is 0 Å². The molecule has 0 aliphatic carbocycles. The summed E-state index contributed by atoms with van der Waals surface area (Å²) in [6.45, 7) is 2.91. The first-order valence-electron chi connectivity index (χ1n) is 10.5. The maximum Gasteiger partial charge on any atom is 0.290 e. The Morgan fingerprint density at radius 1 is 1.16 bits per heavy atom. The van der Waals surface area contributed by atoms with Gasteiger partial charge in [0.2, 0.25) is 5.78 Å². The van der Waals surface area contributed by atoms with Gasteiger partial charge in [-0.05, 0) is 43.0 Å². The number of rotatable bonds is 5. The highest BCUT2D eigenvalue weighted by Gasteiger charge is 2.45. The number of aryl methyl sites for hydroxylation is 1. The number of furan rings is 1. The van der Waals surface area contributed by atoms with Gasteiger partial charge in [-0.1, -0.05) is 42.5 Å². The predicted octanol–water partition coefficient (Wildman–Crippen LogP) is 4.50. The number of hydrogen-bond acceptors (Lipinski definition) is 5. The van der Waals surface area contributed by atoms with Crippen LogP contribution in [0.3, 0.4) is 0 Å². The van der Waals surface area contributed by atoms with Gasteiger partial charge in [0, 0.05) is 18.5 Å². The van der Waals surface area contributed by atoms with Gasteiger partial charge in [-0.15, -0.1) is 0 Å². The third kappa shape index (κ3) is 3.33. The molecule has 2 aliphatic rings. The number of aliphatic hydroxyl groups excluding tert-OH is 1. The lowest BCUT2D eigenvalue weighted by Crippen LogP contribution is -2.37. The van der Waals surface area contributed by atoms with Crippen LogP contribution in [0.1, 0.15) is 40.6 Å². The summed E-state index contributed by atoms with van der Waals surface area (Å²) in [6, 6.07) is 15.9. The number of aliphatic hydroxyl groups is 1. The van der Waals surface area contributed by atoms with E-state index in [1.165, 1.54) is 0 Å². The summed E-state index contributed by atoms with van der Waals surface area (Å²) in [5, 5.41) is 11.6. The van der Waals surface area contributed by atoms with Crippen LogP contribution < -0.4 is 0 Å². The highest BCUT2D eigenvalue weighted by Crippen LogP contribution is 2.41. The van der Waals surface area contributed by atoms with Crippen molar-refractivity contribution < 1.29 is 23.8 Å². The molecule has 31 heavy (non-hydrogen) atoms. The normalized spacial score (nSPS) is 21.5. The van der Waals surface area contributed by atoms with Crippen LogP contribution in [-0.4, -0.2) is 41.0 Å². The Morgan fingerprint density at radius 3 is 2.68 bits per heavy atom. The minimum absolute atomic E-state index is 0.0522. The average molecular weight is 417 g/mol. The van der Waals surface area contributed by atoms with Crippen molar-refractivity contribution in [2.24, 2.45) is 0 Å². The van der Waals surface area contributed by atoms with Crippen molar-refractivity contribution in [2.75, 3.05) is 13.2 Å². The third-order valence-electron chi connectivity index (χ3n) is 6.10. The van der Waals surface area contributed by atoms with Gasteiger partial charge in [-0.3, -0.25) is 9.59 Å². The van der Waals surface area contributed by atoms with Crippen molar-refractivity contribution in [2.45, 2.75) is 31.9 Å². The monoisotopic (exact) mass is 417 g/mol. The lowest BCUT2D eigenvalue weighted by atomic mass is 9.92. The molecule has 0 spiro atoms. The fourth-order valence-electron chi connectivity index (χ4n) is 4.53. The first kappa shape index (κ1) is 19.6. The summed E-state index contributed by atoms with van der Waals surface area (Å²) in [6.07, 6.45) is 1.67. The number of benzene rings is 2. The van der Waals surface area contributed by atoms with Crippen LogP contribution in [0.2, 0.25) is 0 Å². The van der Waals surface area contributed by atoms with E-state index in [-0.39, 0.29) is 17.4 Å². The molecule has 2 unspecified atom stereocenters. The van der Waals surface area contributed by atoms with E-state index in [2.05, 4.69) is 0 Å². The molecule has 0 radical (unpaired) electrons. The quantitative estimate of drug-likeness (QED) is 0.619. The molecule has 6 nitrogen and oxygen atoms in total. The van der Waals surface area contributed by atoms with Gasteiger partial charge in [0.05, 0.1) is 17.7 Å². The Labute approximate surface area is 179 Å². The number of ether oxygens (including phenoxy) is 1. The molecular weight excluding hydrogens is 394 g/mol. The molecule has 158 valence electrons. The minimum atomic E-state index is -0.696. The molecule has 2 atom stereocenters. The van der Waals surface area contributed by atoms with Gasteiger partial charge in [0.25, 0.3) is 5.91 Å². The molecule has 1 fully saturated rings. The fraction of sp³-hybridized carbons (Fsp3) is 0.280. The Morgan fingerprint density at radius 2 is 1.94 bits per heavy atom. The number of Topliss-reactive ketones (excluding diaryl/α,β-unsaturated/α-hetero) is 1. The van der Waals surface area contributed by atoms with Gasteiger partial charge in [0.15, 0.2) is 11.5 Å². The number of nitrogens with zero attached hydrogens (tertiary/aromatic N) is 1. The molecule has 3 heterocycles. The first-order valence-corrected chi connectivity index (χ1v) is 10.5. The zero-order valence-corrected chi connectivity index (χ0v) is 17.2. The second kappa shape index (κ2) is 7.71. The SMILES string of the molecule is Cc1ccccc1C1C(C(=O)c2cc3ccccc3o2)=C(O)C(=O)N1CC1CCCO1. The number of para-hydroxylation sites is 1. The molecule has 0 bridgehead atoms. The van der Waals surface area contributed by atoms with Crippen molar-refractivity contribution in [3.8, 4) is 0 Å². The number of amides is 1. The van der Waals surface area contributed by atoms with Crippen LogP contribution in [0.15, 0.2) is 70.3 Å². The highest BCUT2D eigenvalue weighted by molar-refractivity contribution is 6.16. The van der Waals surface area contributed by atoms with Gasteiger partial charge in [-0.25, -0.2) is 0 Å². The van der Waals surface area contributed by atoms with Crippen molar-refractivity contribution in [3.05, 3.63) is 82.8 Å². The molecular formula is C25H23NO5. The van der Waals surface area contributed by atoms with Crippen molar-refractivity contribution >= 4 is 22.7 Å². The van der Waals surface area contributed by atoms with Gasteiger partial charge < -0.3 is 19.2 Å². The Kier molecular flexibility index (Phi) is 4.87. The maximum atomic E-state index is 13.5. The summed E-state index contributed by atoms with van der Waals surface area (Å²) >= 11 is 0. The summed E-state index contributed by atoms with van der Waals surface area (Å²) < 4.78 is 11.5. The standard InChI is InChI=1S/C25H23NO5/c1-15-7-2-4-10-18(15)22-21(23(27)20-13-16-8-3-5-11-19(16)31-20)24(28)25(29)26(22)14-17-9-6-12-30-17/h2-5,7-8,10-11,13,17,22,28H,6,9,12,14H2,1H3. The molecule has 1 aromatic heterocycles. The van der Waals surface area contributed by atoms with Crippen LogP contribution >= 0.6 is 0 Å². The molecule has 2 aromatic carbocycles. The van der Waals surface area contributed by atoms with E-state index in [0.717, 1.165) is 29.4 Å². The summed E-state index contributed by atoms with van der Waals surface area (Å²) in [5.41, 5.74) is 2.37. The van der Waals surface area contributed by atoms with Crippen LogP contribution in [0.4, 0.5) is 0 Å². The molecule has 1 saturated heterocycles. The first-order chi connectivity index (χ1) is 15.0. The summed E-state index contributed by atoms with van der Waals surface area (Å²) in [4.78, 5) is 28.2. The predicted molar refractivity (Wildman–Crippen MR) is 115 cm³/mol. The van der Waals surface area contributed by atoms with E-state index < -0.39 is 23.5 Å². The smallest absolute Gasteiger partial charge is 0.290 e. The average Bonchev–Trinajstić information content (AvgIpc) is 3.49. The van der Waals surface area contributed by atoms with Gasteiger partial charge >= 0.3 is 0 Å². The van der Waals surface area contributed by atoms with E-state index >= 15 is 0 Å². The molecule has 3 aromatic rings. The van der Waals surface area contributed by atoms with Crippen LogP contribution in [0, 0.1) is 6.92 Å². The summed E-state index contributed by atoms with van der Waals surface area (Å²) in [7, 11) is 0. The third-order valence-corrected chi connectivity index (χ3v) is 6.10. The van der Waals surface area contributed by atoms with Crippen molar-refractivity contribution in [3.63, 3.8) is 0 Å². The lowest BCUT2D eigenvalue weighted by Gasteiger charge is -2.29. The second-order valence-electron chi connectivity index (χ2n) is 8.09. The van der Waals surface area contributed by atoms with E-state index in [1.54, 1.807) is 17.0 Å². The molecule has 5 rings (SSSR count). The Bertz CT molecular complexity index is 1170. The van der Waals surface area contributed by atoms with Crippen molar-refractivity contribution in [1.29, 1.82) is 0 Å². The number of hydrogen-bond donors (Lipinski definition) is 1. The topological polar surface area (TPSA) is 80.0 Å². The fourth-order valence-corrected chi connectivity index (χ4v) is 4.53. The van der Waals surface area contributed by atoms with E-state index in [1.807, 2.05) is 49.4 Å².